The van der Waals surface area contributed by atoms with Crippen LogP contribution in [0.1, 0.15) is 34.1 Å². The van der Waals surface area contributed by atoms with E-state index in [4.69, 9.17) is 0 Å². The van der Waals surface area contributed by atoms with Crippen molar-refractivity contribution in [2.24, 2.45) is 17.8 Å². The quantitative estimate of drug-likeness (QED) is 0.792. The Labute approximate surface area is 99.6 Å². The lowest BCUT2D eigenvalue weighted by Crippen LogP contribution is -2.43. The Morgan fingerprint density at radius 1 is 1.31 bits per heavy atom. The maximum absolute atomic E-state index is 11.4. The van der Waals surface area contributed by atoms with Crippen molar-refractivity contribution in [1.29, 1.82) is 0 Å². The number of hydrogen-bond acceptors (Lipinski definition) is 2. The Kier molecular flexibility index (Phi) is 5.26. The lowest BCUT2D eigenvalue weighted by molar-refractivity contribution is -0.124. The molecule has 0 saturated carbocycles. The molecule has 1 heterocycles. The van der Waals surface area contributed by atoms with E-state index in [1.807, 2.05) is 13.8 Å². The van der Waals surface area contributed by atoms with Crippen LogP contribution in [0.5, 0.6) is 0 Å². The molecule has 1 aliphatic heterocycles. The summed E-state index contributed by atoms with van der Waals surface area (Å²) in [5, 5.41) is 2.98. The summed E-state index contributed by atoms with van der Waals surface area (Å²) < 4.78 is 0. The first kappa shape index (κ1) is 13.5. The molecule has 2 unspecified atom stereocenters. The Bertz CT molecular complexity index is 218. The third-order valence-electron chi connectivity index (χ3n) is 3.20. The fourth-order valence-corrected chi connectivity index (χ4v) is 2.52. The lowest BCUT2D eigenvalue weighted by Gasteiger charge is -2.34. The molecule has 0 radical (unpaired) electrons. The second kappa shape index (κ2) is 6.24. The zero-order valence-corrected chi connectivity index (χ0v) is 11.1. The first-order valence-corrected chi connectivity index (χ1v) is 6.49. The largest absolute Gasteiger partial charge is 0.355 e. The minimum Gasteiger partial charge on any atom is -0.355 e. The molecule has 0 bridgehead atoms. The number of hydrogen-bond donors (Lipinski definition) is 1. The maximum atomic E-state index is 11.4. The lowest BCUT2D eigenvalue weighted by atomic mass is 9.92. The highest BCUT2D eigenvalue weighted by molar-refractivity contribution is 5.77. The molecule has 94 valence electrons. The third kappa shape index (κ3) is 4.52. The molecule has 0 aromatic carbocycles. The summed E-state index contributed by atoms with van der Waals surface area (Å²) >= 11 is 0. The smallest absolute Gasteiger partial charge is 0.222 e. The molecule has 1 aliphatic rings. The van der Waals surface area contributed by atoms with Crippen LogP contribution in [0.15, 0.2) is 0 Å². The van der Waals surface area contributed by atoms with E-state index >= 15 is 0 Å². The first-order valence-electron chi connectivity index (χ1n) is 6.49. The summed E-state index contributed by atoms with van der Waals surface area (Å²) in [7, 11) is 0. The van der Waals surface area contributed by atoms with Gasteiger partial charge in [0.05, 0.1) is 0 Å². The second-order valence-corrected chi connectivity index (χ2v) is 5.65. The van der Waals surface area contributed by atoms with Gasteiger partial charge in [-0.25, -0.2) is 0 Å². The van der Waals surface area contributed by atoms with Crippen LogP contribution in [0.4, 0.5) is 0 Å². The SMILES string of the molecule is CC1CC(C)CN(CCNC(=O)C(C)C)C1. The van der Waals surface area contributed by atoms with Crippen molar-refractivity contribution < 1.29 is 4.79 Å². The number of nitrogens with one attached hydrogen (secondary N) is 1. The van der Waals surface area contributed by atoms with Crippen LogP contribution in [0.25, 0.3) is 0 Å². The molecule has 1 saturated heterocycles. The number of piperidine rings is 1. The molecule has 0 aliphatic carbocycles. The minimum atomic E-state index is 0.0965. The Balaban J connectivity index is 2.20. The highest BCUT2D eigenvalue weighted by Gasteiger charge is 2.21. The van der Waals surface area contributed by atoms with Gasteiger partial charge in [0.25, 0.3) is 0 Å². The van der Waals surface area contributed by atoms with E-state index in [0.717, 1.165) is 24.9 Å². The summed E-state index contributed by atoms with van der Waals surface area (Å²) in [5.41, 5.74) is 0. The normalized spacial score (nSPS) is 27.1. The van der Waals surface area contributed by atoms with Gasteiger partial charge < -0.3 is 10.2 Å². The number of likely N-dealkylation sites (tertiary alicyclic amines) is 1. The molecule has 1 rings (SSSR count). The summed E-state index contributed by atoms with van der Waals surface area (Å²) in [6.45, 7) is 12.6. The van der Waals surface area contributed by atoms with Gasteiger partial charge in [0.15, 0.2) is 0 Å². The van der Waals surface area contributed by atoms with Crippen LogP contribution in [0.3, 0.4) is 0 Å². The predicted octanol–water partition coefficient (Wildman–Crippen LogP) is 1.74. The van der Waals surface area contributed by atoms with Crippen LogP contribution in [-0.2, 0) is 4.79 Å². The second-order valence-electron chi connectivity index (χ2n) is 5.65. The van der Waals surface area contributed by atoms with Crippen molar-refractivity contribution in [2.75, 3.05) is 26.2 Å². The molecular formula is C13H26N2O. The monoisotopic (exact) mass is 226 g/mol. The topological polar surface area (TPSA) is 32.3 Å². The van der Waals surface area contributed by atoms with Gasteiger partial charge in [0.2, 0.25) is 5.91 Å². The zero-order valence-electron chi connectivity index (χ0n) is 11.1. The molecule has 3 heteroatoms. The van der Waals surface area contributed by atoms with E-state index in [9.17, 15) is 4.79 Å². The van der Waals surface area contributed by atoms with E-state index in [0.29, 0.717) is 0 Å². The van der Waals surface area contributed by atoms with E-state index in [1.54, 1.807) is 0 Å². The van der Waals surface area contributed by atoms with Crippen molar-refractivity contribution in [2.45, 2.75) is 34.1 Å². The Hall–Kier alpha value is -0.570. The van der Waals surface area contributed by atoms with Gasteiger partial charge in [-0.2, -0.15) is 0 Å². The molecule has 2 atom stereocenters. The van der Waals surface area contributed by atoms with Crippen LogP contribution in [-0.4, -0.2) is 37.0 Å². The van der Waals surface area contributed by atoms with Crippen LogP contribution in [0, 0.1) is 17.8 Å². The molecule has 0 spiro atoms. The van der Waals surface area contributed by atoms with Gasteiger partial charge in [0.1, 0.15) is 0 Å². The van der Waals surface area contributed by atoms with Gasteiger partial charge in [-0.3, -0.25) is 4.79 Å². The van der Waals surface area contributed by atoms with E-state index < -0.39 is 0 Å². The molecule has 1 N–H and O–H groups in total. The van der Waals surface area contributed by atoms with Crippen molar-refractivity contribution in [3.8, 4) is 0 Å². The average Bonchev–Trinajstić information content (AvgIpc) is 2.15. The molecule has 1 fully saturated rings. The summed E-state index contributed by atoms with van der Waals surface area (Å²) in [6.07, 6.45) is 1.34. The fraction of sp³-hybridized carbons (Fsp3) is 0.923. The van der Waals surface area contributed by atoms with Crippen LogP contribution in [0.2, 0.25) is 0 Å². The van der Waals surface area contributed by atoms with E-state index in [1.165, 1.54) is 19.5 Å². The van der Waals surface area contributed by atoms with Crippen molar-refractivity contribution in [1.82, 2.24) is 10.2 Å². The van der Waals surface area contributed by atoms with E-state index in [-0.39, 0.29) is 11.8 Å². The number of carbonyl (C=O) groups excluding carboxylic acids is 1. The van der Waals surface area contributed by atoms with Crippen molar-refractivity contribution in [3.63, 3.8) is 0 Å². The van der Waals surface area contributed by atoms with Gasteiger partial charge >= 0.3 is 0 Å². The van der Waals surface area contributed by atoms with Crippen molar-refractivity contribution in [3.05, 3.63) is 0 Å². The molecule has 3 nitrogen and oxygen atoms in total. The molecule has 0 aromatic rings. The van der Waals surface area contributed by atoms with Crippen molar-refractivity contribution >= 4 is 5.91 Å². The number of nitrogens with zero attached hydrogens (tertiary/aromatic N) is 1. The molecule has 0 aromatic heterocycles. The van der Waals surface area contributed by atoms with Gasteiger partial charge in [-0.1, -0.05) is 27.7 Å². The molecular weight excluding hydrogens is 200 g/mol. The Morgan fingerprint density at radius 2 is 1.88 bits per heavy atom. The average molecular weight is 226 g/mol. The maximum Gasteiger partial charge on any atom is 0.222 e. The third-order valence-corrected chi connectivity index (χ3v) is 3.20. The number of amides is 1. The van der Waals surface area contributed by atoms with Gasteiger partial charge in [0, 0.05) is 32.1 Å². The standard InChI is InChI=1S/C13H26N2O/c1-10(2)13(16)14-5-6-15-8-11(3)7-12(4)9-15/h10-12H,5-9H2,1-4H3,(H,14,16). The van der Waals surface area contributed by atoms with Gasteiger partial charge in [-0.05, 0) is 18.3 Å². The Morgan fingerprint density at radius 3 is 2.38 bits per heavy atom. The van der Waals surface area contributed by atoms with E-state index in [2.05, 4.69) is 24.1 Å². The van der Waals surface area contributed by atoms with Crippen LogP contribution >= 0.6 is 0 Å². The highest BCUT2D eigenvalue weighted by Crippen LogP contribution is 2.20. The predicted molar refractivity (Wildman–Crippen MR) is 67.2 cm³/mol. The first-order chi connectivity index (χ1) is 7.49. The number of rotatable bonds is 4. The minimum absolute atomic E-state index is 0.0965. The summed E-state index contributed by atoms with van der Waals surface area (Å²) in [4.78, 5) is 13.9. The molecule has 1 amide bonds. The summed E-state index contributed by atoms with van der Waals surface area (Å²) in [6, 6.07) is 0. The zero-order chi connectivity index (χ0) is 12.1. The highest BCUT2D eigenvalue weighted by atomic mass is 16.1. The molecule has 16 heavy (non-hydrogen) atoms. The fourth-order valence-electron chi connectivity index (χ4n) is 2.52. The summed E-state index contributed by atoms with van der Waals surface area (Å²) in [5.74, 6) is 1.85. The van der Waals surface area contributed by atoms with Crippen LogP contribution < -0.4 is 5.32 Å². The number of carbonyl (C=O) groups is 1. The van der Waals surface area contributed by atoms with Gasteiger partial charge in [-0.15, -0.1) is 0 Å².